The molecule has 12 heteroatoms. The molecule has 0 radical (unpaired) electrons. The summed E-state index contributed by atoms with van der Waals surface area (Å²) in [6.45, 7) is 0. The van der Waals surface area contributed by atoms with Crippen molar-refractivity contribution in [1.29, 1.82) is 0 Å². The van der Waals surface area contributed by atoms with E-state index in [1.54, 1.807) is 0 Å². The quantitative estimate of drug-likeness (QED) is 0.496. The molecule has 1 aromatic heterocycles. The molecule has 2 rings (SSSR count). The number of methoxy groups -OCH3 is 2. The smallest absolute Gasteiger partial charge is 0.416 e. The minimum atomic E-state index is -4.82. The summed E-state index contributed by atoms with van der Waals surface area (Å²) in [7, 11) is 2.36. The highest BCUT2D eigenvalue weighted by atomic mass is 19.4. The number of anilines is 1. The molecule has 0 saturated carbocycles. The normalized spacial score (nSPS) is 11.3. The van der Waals surface area contributed by atoms with Gasteiger partial charge in [-0.25, -0.2) is 4.39 Å². The van der Waals surface area contributed by atoms with Gasteiger partial charge in [0, 0.05) is 6.20 Å². The summed E-state index contributed by atoms with van der Waals surface area (Å²) < 4.78 is 62.8. The third-order valence-corrected chi connectivity index (χ3v) is 4.25. The molecule has 31 heavy (non-hydrogen) atoms. The fraction of sp³-hybridized carbons (Fsp3) is 0.368. The molecule has 1 aromatic carbocycles. The number of esters is 2. The van der Waals surface area contributed by atoms with Gasteiger partial charge in [-0.3, -0.25) is 19.1 Å². The van der Waals surface area contributed by atoms with Gasteiger partial charge in [-0.2, -0.15) is 18.3 Å². The molecule has 0 aliphatic heterocycles. The van der Waals surface area contributed by atoms with Crippen LogP contribution in [0.4, 0.5) is 23.2 Å². The first-order chi connectivity index (χ1) is 14.5. The number of benzene rings is 1. The lowest BCUT2D eigenvalue weighted by atomic mass is 10.0. The van der Waals surface area contributed by atoms with Crippen LogP contribution in [0, 0.1) is 5.82 Å². The second-order valence-electron chi connectivity index (χ2n) is 6.45. The van der Waals surface area contributed by atoms with Crippen molar-refractivity contribution >= 4 is 23.5 Å². The summed E-state index contributed by atoms with van der Waals surface area (Å²) in [6, 6.07) is 1.29. The monoisotopic (exact) mass is 445 g/mol. The van der Waals surface area contributed by atoms with Gasteiger partial charge < -0.3 is 14.8 Å². The van der Waals surface area contributed by atoms with Gasteiger partial charge in [-0.15, -0.1) is 0 Å². The van der Waals surface area contributed by atoms with E-state index in [9.17, 15) is 31.9 Å². The van der Waals surface area contributed by atoms with Gasteiger partial charge in [-0.1, -0.05) is 6.07 Å². The van der Waals surface area contributed by atoms with E-state index < -0.39 is 53.4 Å². The van der Waals surface area contributed by atoms with E-state index in [2.05, 4.69) is 19.9 Å². The first-order valence-corrected chi connectivity index (χ1v) is 8.86. The fourth-order valence-corrected chi connectivity index (χ4v) is 2.76. The van der Waals surface area contributed by atoms with Gasteiger partial charge in [0.05, 0.1) is 57.0 Å². The first-order valence-electron chi connectivity index (χ1n) is 8.86. The minimum Gasteiger partial charge on any atom is -0.469 e. The van der Waals surface area contributed by atoms with Crippen LogP contribution in [-0.4, -0.2) is 41.8 Å². The van der Waals surface area contributed by atoms with Crippen LogP contribution < -0.4 is 5.32 Å². The molecule has 0 aliphatic rings. The lowest BCUT2D eigenvalue weighted by molar-refractivity contribution is -0.144. The molecule has 8 nitrogen and oxygen atoms in total. The maximum atomic E-state index is 13.2. The van der Waals surface area contributed by atoms with Gasteiger partial charge >= 0.3 is 18.1 Å². The van der Waals surface area contributed by atoms with Crippen molar-refractivity contribution in [2.75, 3.05) is 19.5 Å². The third-order valence-electron chi connectivity index (χ3n) is 4.25. The molecule has 168 valence electrons. The average Bonchev–Trinajstić information content (AvgIpc) is 3.15. The number of ether oxygens (including phenoxy) is 2. The van der Waals surface area contributed by atoms with Gasteiger partial charge in [0.25, 0.3) is 0 Å². The second-order valence-corrected chi connectivity index (χ2v) is 6.45. The summed E-state index contributed by atoms with van der Waals surface area (Å²) in [5.74, 6) is -3.08. The Morgan fingerprint density at radius 2 is 1.74 bits per heavy atom. The summed E-state index contributed by atoms with van der Waals surface area (Å²) in [4.78, 5) is 35.4. The standard InChI is InChI=1S/C19H19F4N3O5/c1-30-17(28)7-14(8-18(29)31-2)26-10-13(9-24-26)25-16(27)5-11-3-4-12(20)6-15(11)19(21,22)23/h3-4,6,9-10,14H,5,7-8H2,1-2H3,(H,25,27). The molecule has 1 N–H and O–H groups in total. The third kappa shape index (κ3) is 6.79. The van der Waals surface area contributed by atoms with Crippen molar-refractivity contribution in [3.8, 4) is 0 Å². The number of nitrogens with one attached hydrogen (secondary N) is 1. The number of carbonyl (C=O) groups excluding carboxylic acids is 3. The fourth-order valence-electron chi connectivity index (χ4n) is 2.76. The maximum absolute atomic E-state index is 13.2. The molecule has 0 saturated heterocycles. The summed E-state index contributed by atoms with van der Waals surface area (Å²) in [5.41, 5.74) is -1.51. The Morgan fingerprint density at radius 1 is 1.13 bits per heavy atom. The molecule has 1 heterocycles. The largest absolute Gasteiger partial charge is 0.469 e. The number of carbonyl (C=O) groups is 3. The molecule has 0 atom stereocenters. The number of nitrogens with zero attached hydrogens (tertiary/aromatic N) is 2. The predicted octanol–water partition coefficient (Wildman–Crippen LogP) is 2.89. The average molecular weight is 445 g/mol. The molecule has 0 fully saturated rings. The molecule has 0 aliphatic carbocycles. The lowest BCUT2D eigenvalue weighted by Gasteiger charge is -2.15. The van der Waals surface area contributed by atoms with Crippen LogP contribution in [0.15, 0.2) is 30.6 Å². The molecular formula is C19H19F4N3O5. The Labute approximate surface area is 174 Å². The molecule has 1 amide bonds. The number of aromatic nitrogens is 2. The van der Waals surface area contributed by atoms with Crippen LogP contribution in [0.25, 0.3) is 0 Å². The van der Waals surface area contributed by atoms with Gasteiger partial charge in [0.2, 0.25) is 5.91 Å². The summed E-state index contributed by atoms with van der Waals surface area (Å²) >= 11 is 0. The summed E-state index contributed by atoms with van der Waals surface area (Å²) in [6.07, 6.45) is -3.37. The number of amides is 1. The topological polar surface area (TPSA) is 99.5 Å². The van der Waals surface area contributed by atoms with Crippen molar-refractivity contribution in [2.24, 2.45) is 0 Å². The predicted molar refractivity (Wildman–Crippen MR) is 98.3 cm³/mol. The van der Waals surface area contributed by atoms with Crippen molar-refractivity contribution in [3.63, 3.8) is 0 Å². The number of halogens is 4. The zero-order chi connectivity index (χ0) is 23.2. The molecule has 0 spiro atoms. The zero-order valence-electron chi connectivity index (χ0n) is 16.5. The van der Waals surface area contributed by atoms with Crippen molar-refractivity contribution in [1.82, 2.24) is 9.78 Å². The maximum Gasteiger partial charge on any atom is 0.416 e. The lowest BCUT2D eigenvalue weighted by Crippen LogP contribution is -2.20. The molecule has 0 bridgehead atoms. The Hall–Kier alpha value is -3.44. The Morgan fingerprint density at radius 3 is 2.29 bits per heavy atom. The van der Waals surface area contributed by atoms with Crippen molar-refractivity contribution in [3.05, 3.63) is 47.5 Å². The van der Waals surface area contributed by atoms with E-state index >= 15 is 0 Å². The minimum absolute atomic E-state index is 0.125. The first kappa shape index (κ1) is 23.8. The van der Waals surface area contributed by atoms with Crippen LogP contribution in [0.5, 0.6) is 0 Å². The van der Waals surface area contributed by atoms with Gasteiger partial charge in [0.1, 0.15) is 5.82 Å². The van der Waals surface area contributed by atoms with E-state index in [1.165, 1.54) is 31.3 Å². The molecular weight excluding hydrogens is 426 g/mol. The van der Waals surface area contributed by atoms with Gasteiger partial charge in [0.15, 0.2) is 0 Å². The van der Waals surface area contributed by atoms with Gasteiger partial charge in [-0.05, 0) is 17.7 Å². The number of hydrogen-bond acceptors (Lipinski definition) is 6. The highest BCUT2D eigenvalue weighted by Crippen LogP contribution is 2.33. The SMILES string of the molecule is COC(=O)CC(CC(=O)OC)n1cc(NC(=O)Cc2ccc(F)cc2C(F)(F)F)cn1. The Balaban J connectivity index is 2.13. The number of rotatable bonds is 8. The van der Waals surface area contributed by atoms with Crippen molar-refractivity contribution in [2.45, 2.75) is 31.5 Å². The van der Waals surface area contributed by atoms with E-state index in [0.717, 1.165) is 12.1 Å². The van der Waals surface area contributed by atoms with E-state index in [-0.39, 0.29) is 18.5 Å². The Bertz CT molecular complexity index is 940. The van der Waals surface area contributed by atoms with Crippen LogP contribution >= 0.6 is 0 Å². The van der Waals surface area contributed by atoms with Crippen LogP contribution in [0.3, 0.4) is 0 Å². The highest BCUT2D eigenvalue weighted by molar-refractivity contribution is 5.92. The molecule has 0 unspecified atom stereocenters. The van der Waals surface area contributed by atoms with Crippen molar-refractivity contribution < 1.29 is 41.4 Å². The highest BCUT2D eigenvalue weighted by Gasteiger charge is 2.34. The molecule has 2 aromatic rings. The van der Waals surface area contributed by atoms with Crippen LogP contribution in [-0.2, 0) is 36.5 Å². The number of alkyl halides is 3. The zero-order valence-corrected chi connectivity index (χ0v) is 16.5. The summed E-state index contributed by atoms with van der Waals surface area (Å²) in [5, 5.41) is 6.35. The number of hydrogen-bond donors (Lipinski definition) is 1. The van der Waals surface area contributed by atoms with E-state index in [0.29, 0.717) is 6.07 Å². The van der Waals surface area contributed by atoms with E-state index in [4.69, 9.17) is 0 Å². The Kier molecular flexibility index (Phi) is 7.72. The second kappa shape index (κ2) is 10.0. The van der Waals surface area contributed by atoms with Crippen LogP contribution in [0.2, 0.25) is 0 Å². The van der Waals surface area contributed by atoms with E-state index in [1.807, 2.05) is 0 Å². The van der Waals surface area contributed by atoms with Crippen LogP contribution in [0.1, 0.15) is 30.0 Å².